The van der Waals surface area contributed by atoms with Gasteiger partial charge in [-0.15, -0.1) is 5.10 Å². The number of pyridine rings is 1. The standard InChI is InChI=1S/C29H27N7O2/c1-18(33-27(37)24-25(30)34-35-16-8-15-32-26(24)35)22-17-20-10-7-9-19(13-14-29(2,3)31)23(20)28(38)36(22)21-11-5-4-6-12-21/h4-12,15-18H,31H2,1-3H3,(H2,30,34)(H,33,37)/t18-/m1/s1. The summed E-state index contributed by atoms with van der Waals surface area (Å²) in [4.78, 5) is 31.7. The molecule has 9 nitrogen and oxygen atoms in total. The number of nitrogen functional groups attached to an aromatic ring is 1. The number of nitrogens with zero attached hydrogens (tertiary/aromatic N) is 4. The van der Waals surface area contributed by atoms with Crippen molar-refractivity contribution in [2.45, 2.75) is 32.4 Å². The molecule has 3 heterocycles. The quantitative estimate of drug-likeness (QED) is 0.321. The molecule has 1 atom stereocenters. The van der Waals surface area contributed by atoms with Crippen LogP contribution in [0.4, 0.5) is 5.82 Å². The molecule has 5 rings (SSSR count). The number of amides is 1. The smallest absolute Gasteiger partial charge is 0.264 e. The predicted octanol–water partition coefficient (Wildman–Crippen LogP) is 3.20. The molecular formula is C29H27N7O2. The van der Waals surface area contributed by atoms with Gasteiger partial charge in [0.15, 0.2) is 11.5 Å². The highest BCUT2D eigenvalue weighted by Crippen LogP contribution is 2.24. The van der Waals surface area contributed by atoms with Crippen LogP contribution < -0.4 is 22.3 Å². The second-order valence-electron chi connectivity index (χ2n) is 9.63. The normalized spacial score (nSPS) is 12.2. The van der Waals surface area contributed by atoms with Crippen molar-refractivity contribution in [3.05, 3.63) is 100 Å². The average molecular weight is 506 g/mol. The van der Waals surface area contributed by atoms with Crippen LogP contribution in [-0.2, 0) is 0 Å². The molecular weight excluding hydrogens is 478 g/mol. The molecule has 0 spiro atoms. The molecule has 5 N–H and O–H groups in total. The summed E-state index contributed by atoms with van der Waals surface area (Å²) in [6.07, 6.45) is 3.24. The fourth-order valence-electron chi connectivity index (χ4n) is 4.34. The first kappa shape index (κ1) is 24.7. The number of anilines is 1. The van der Waals surface area contributed by atoms with Gasteiger partial charge >= 0.3 is 0 Å². The van der Waals surface area contributed by atoms with E-state index in [1.165, 1.54) is 4.52 Å². The lowest BCUT2D eigenvalue weighted by Crippen LogP contribution is -2.32. The summed E-state index contributed by atoms with van der Waals surface area (Å²) in [5, 5.41) is 8.33. The highest BCUT2D eigenvalue weighted by molar-refractivity contribution is 6.04. The summed E-state index contributed by atoms with van der Waals surface area (Å²) in [5.74, 6) is 5.72. The Hall–Kier alpha value is -4.94. The van der Waals surface area contributed by atoms with Crippen molar-refractivity contribution < 1.29 is 4.79 Å². The molecule has 0 bridgehead atoms. The minimum Gasteiger partial charge on any atom is -0.381 e. The summed E-state index contributed by atoms with van der Waals surface area (Å²) < 4.78 is 3.06. The fraction of sp³-hybridized carbons (Fsp3) is 0.172. The monoisotopic (exact) mass is 505 g/mol. The van der Waals surface area contributed by atoms with Gasteiger partial charge in [-0.05, 0) is 56.5 Å². The topological polar surface area (TPSA) is 133 Å². The van der Waals surface area contributed by atoms with Crippen LogP contribution in [0, 0.1) is 11.8 Å². The molecule has 0 radical (unpaired) electrons. The van der Waals surface area contributed by atoms with Crippen LogP contribution in [0.15, 0.2) is 77.9 Å². The lowest BCUT2D eigenvalue weighted by Gasteiger charge is -2.21. The van der Waals surface area contributed by atoms with Gasteiger partial charge in [-0.1, -0.05) is 42.2 Å². The first-order valence-electron chi connectivity index (χ1n) is 12.1. The van der Waals surface area contributed by atoms with Gasteiger partial charge in [0.2, 0.25) is 0 Å². The Morgan fingerprint density at radius 3 is 2.61 bits per heavy atom. The molecule has 9 heteroatoms. The lowest BCUT2D eigenvalue weighted by atomic mass is 10.0. The van der Waals surface area contributed by atoms with Crippen molar-refractivity contribution in [3.8, 4) is 17.5 Å². The van der Waals surface area contributed by atoms with E-state index in [0.29, 0.717) is 33.4 Å². The number of carbonyl (C=O) groups is 1. The molecule has 0 aliphatic rings. The van der Waals surface area contributed by atoms with Crippen LogP contribution in [0.25, 0.3) is 22.1 Å². The molecule has 38 heavy (non-hydrogen) atoms. The zero-order valence-corrected chi connectivity index (χ0v) is 21.3. The number of nitrogens with two attached hydrogens (primary N) is 2. The van der Waals surface area contributed by atoms with Crippen LogP contribution in [0.3, 0.4) is 0 Å². The van der Waals surface area contributed by atoms with E-state index in [1.54, 1.807) is 23.0 Å². The number of fused-ring (bicyclic) bond motifs is 2. The number of benzene rings is 2. The summed E-state index contributed by atoms with van der Waals surface area (Å²) in [7, 11) is 0. The van der Waals surface area contributed by atoms with Crippen LogP contribution in [-0.4, -0.2) is 30.6 Å². The maximum absolute atomic E-state index is 14.1. The number of rotatable bonds is 4. The summed E-state index contributed by atoms with van der Waals surface area (Å²) in [5.41, 5.74) is 13.5. The van der Waals surface area contributed by atoms with Gasteiger partial charge in [0, 0.05) is 29.3 Å². The van der Waals surface area contributed by atoms with E-state index >= 15 is 0 Å². The van der Waals surface area contributed by atoms with E-state index in [9.17, 15) is 9.59 Å². The Morgan fingerprint density at radius 1 is 1.11 bits per heavy atom. The van der Waals surface area contributed by atoms with E-state index in [4.69, 9.17) is 11.5 Å². The Balaban J connectivity index is 1.66. The van der Waals surface area contributed by atoms with Gasteiger partial charge in [-0.25, -0.2) is 9.50 Å². The van der Waals surface area contributed by atoms with Crippen LogP contribution in [0.1, 0.15) is 48.4 Å². The summed E-state index contributed by atoms with van der Waals surface area (Å²) in [6.45, 7) is 5.43. The third kappa shape index (κ3) is 4.61. The van der Waals surface area contributed by atoms with Crippen molar-refractivity contribution in [2.24, 2.45) is 5.73 Å². The van der Waals surface area contributed by atoms with E-state index in [-0.39, 0.29) is 16.9 Å². The highest BCUT2D eigenvalue weighted by atomic mass is 16.2. The molecule has 5 aromatic rings. The predicted molar refractivity (Wildman–Crippen MR) is 148 cm³/mol. The SMILES string of the molecule is C[C@@H](NC(=O)c1c(N)nn2cccnc12)c1cc2cccc(C#CC(C)(C)N)c2c(=O)n1-c1ccccc1. The zero-order chi connectivity index (χ0) is 27.0. The molecule has 190 valence electrons. The zero-order valence-electron chi connectivity index (χ0n) is 21.3. The molecule has 0 saturated carbocycles. The Kier molecular flexibility index (Phi) is 6.18. The van der Waals surface area contributed by atoms with E-state index in [0.717, 1.165) is 0 Å². The van der Waals surface area contributed by atoms with Gasteiger partial charge in [0.25, 0.3) is 11.5 Å². The van der Waals surface area contributed by atoms with Crippen molar-refractivity contribution in [2.75, 3.05) is 5.73 Å². The molecule has 0 unspecified atom stereocenters. The second-order valence-corrected chi connectivity index (χ2v) is 9.63. The van der Waals surface area contributed by atoms with Crippen molar-refractivity contribution in [1.82, 2.24) is 24.5 Å². The van der Waals surface area contributed by atoms with Crippen molar-refractivity contribution in [3.63, 3.8) is 0 Å². The maximum Gasteiger partial charge on any atom is 0.264 e. The van der Waals surface area contributed by atoms with E-state index in [1.807, 2.05) is 75.4 Å². The lowest BCUT2D eigenvalue weighted by molar-refractivity contribution is 0.0941. The van der Waals surface area contributed by atoms with Gasteiger partial charge in [-0.3, -0.25) is 14.2 Å². The minimum absolute atomic E-state index is 0.0680. The first-order valence-corrected chi connectivity index (χ1v) is 12.1. The Bertz CT molecular complexity index is 1800. The van der Waals surface area contributed by atoms with Gasteiger partial charge in [0.1, 0.15) is 5.56 Å². The molecule has 3 aromatic heterocycles. The number of nitrogens with one attached hydrogen (secondary N) is 1. The third-order valence-corrected chi connectivity index (χ3v) is 6.05. The molecule has 0 saturated heterocycles. The molecule has 0 fully saturated rings. The molecule has 0 aliphatic carbocycles. The van der Waals surface area contributed by atoms with Gasteiger partial charge in [0.05, 0.1) is 17.0 Å². The van der Waals surface area contributed by atoms with Crippen LogP contribution in [0.5, 0.6) is 0 Å². The number of carbonyl (C=O) groups excluding carboxylic acids is 1. The number of para-hydroxylation sites is 1. The van der Waals surface area contributed by atoms with Crippen LogP contribution in [0.2, 0.25) is 0 Å². The fourth-order valence-corrected chi connectivity index (χ4v) is 4.34. The number of hydrogen-bond acceptors (Lipinski definition) is 6. The Morgan fingerprint density at radius 2 is 1.87 bits per heavy atom. The third-order valence-electron chi connectivity index (χ3n) is 6.05. The van der Waals surface area contributed by atoms with Crippen LogP contribution >= 0.6 is 0 Å². The number of hydrogen-bond donors (Lipinski definition) is 3. The first-order chi connectivity index (χ1) is 18.1. The van der Waals surface area contributed by atoms with Gasteiger partial charge < -0.3 is 16.8 Å². The molecule has 0 aliphatic heterocycles. The van der Waals surface area contributed by atoms with E-state index < -0.39 is 17.5 Å². The molecule has 1 amide bonds. The minimum atomic E-state index is -0.714. The van der Waals surface area contributed by atoms with E-state index in [2.05, 4.69) is 27.2 Å². The van der Waals surface area contributed by atoms with Crippen molar-refractivity contribution in [1.29, 1.82) is 0 Å². The second kappa shape index (κ2) is 9.50. The maximum atomic E-state index is 14.1. The summed E-state index contributed by atoms with van der Waals surface area (Å²) in [6, 6.07) is 17.8. The van der Waals surface area contributed by atoms with Gasteiger partial charge in [-0.2, -0.15) is 0 Å². The highest BCUT2D eigenvalue weighted by Gasteiger charge is 2.24. The van der Waals surface area contributed by atoms with Crippen molar-refractivity contribution >= 4 is 28.1 Å². The average Bonchev–Trinajstić information content (AvgIpc) is 3.23. The number of aromatic nitrogens is 4. The largest absolute Gasteiger partial charge is 0.381 e. The summed E-state index contributed by atoms with van der Waals surface area (Å²) >= 11 is 0. The molecule has 2 aromatic carbocycles. The Labute approximate surface area is 219 Å².